The number of nitrogens with zero attached hydrogens (tertiary/aromatic N) is 1. The standard InChI is InChI=1S/C14H11Cl2N3O4/c15-8-1-4-13(10(16)5-8)23-9-2-3-12(19(21)22)11(6-9)18-7-14(17)20/h1-6,18H,7H2,(H2,17,20). The summed E-state index contributed by atoms with van der Waals surface area (Å²) in [5.41, 5.74) is 4.93. The van der Waals surface area contributed by atoms with Gasteiger partial charge in [-0.25, -0.2) is 0 Å². The summed E-state index contributed by atoms with van der Waals surface area (Å²) >= 11 is 11.8. The zero-order chi connectivity index (χ0) is 17.0. The molecule has 0 unspecified atom stereocenters. The Bertz CT molecular complexity index is 768. The fraction of sp³-hybridized carbons (Fsp3) is 0.0714. The second-order valence-electron chi connectivity index (χ2n) is 4.43. The highest BCUT2D eigenvalue weighted by Crippen LogP contribution is 2.35. The molecule has 0 fully saturated rings. The van der Waals surface area contributed by atoms with Crippen molar-refractivity contribution < 1.29 is 14.5 Å². The number of hydrogen-bond donors (Lipinski definition) is 2. The average Bonchev–Trinajstić information content (AvgIpc) is 2.48. The Morgan fingerprint density at radius 3 is 2.61 bits per heavy atom. The third kappa shape index (κ3) is 4.48. The van der Waals surface area contributed by atoms with Crippen LogP contribution in [0.25, 0.3) is 0 Å². The molecule has 7 nitrogen and oxygen atoms in total. The van der Waals surface area contributed by atoms with Gasteiger partial charge in [-0.2, -0.15) is 0 Å². The van der Waals surface area contributed by atoms with E-state index in [-0.39, 0.29) is 17.9 Å². The lowest BCUT2D eigenvalue weighted by molar-refractivity contribution is -0.384. The maximum absolute atomic E-state index is 11.0. The van der Waals surface area contributed by atoms with Crippen LogP contribution in [0.4, 0.5) is 11.4 Å². The molecule has 0 radical (unpaired) electrons. The molecule has 1 amide bonds. The number of halogens is 2. The molecule has 0 saturated heterocycles. The van der Waals surface area contributed by atoms with Crippen LogP contribution in [0.1, 0.15) is 0 Å². The van der Waals surface area contributed by atoms with Crippen molar-refractivity contribution >= 4 is 40.5 Å². The molecule has 0 aliphatic heterocycles. The number of nitro groups is 1. The molecule has 23 heavy (non-hydrogen) atoms. The lowest BCUT2D eigenvalue weighted by Gasteiger charge is -2.10. The van der Waals surface area contributed by atoms with Crippen LogP contribution in [0.3, 0.4) is 0 Å². The van der Waals surface area contributed by atoms with Gasteiger partial charge in [0.15, 0.2) is 0 Å². The number of amides is 1. The van der Waals surface area contributed by atoms with Gasteiger partial charge in [-0.05, 0) is 24.3 Å². The third-order valence-corrected chi connectivity index (χ3v) is 3.27. The highest BCUT2D eigenvalue weighted by atomic mass is 35.5. The van der Waals surface area contributed by atoms with Gasteiger partial charge in [0, 0.05) is 17.2 Å². The van der Waals surface area contributed by atoms with Crippen molar-refractivity contribution in [1.82, 2.24) is 0 Å². The van der Waals surface area contributed by atoms with Crippen LogP contribution in [0.15, 0.2) is 36.4 Å². The number of nitrogens with two attached hydrogens (primary N) is 1. The average molecular weight is 356 g/mol. The summed E-state index contributed by atoms with van der Waals surface area (Å²) in [5.74, 6) is -0.0103. The Balaban J connectivity index is 2.30. The molecule has 0 aliphatic rings. The van der Waals surface area contributed by atoms with Crippen LogP contribution in [0.2, 0.25) is 10.0 Å². The highest BCUT2D eigenvalue weighted by molar-refractivity contribution is 6.35. The predicted molar refractivity (Wildman–Crippen MR) is 87.3 cm³/mol. The molecule has 0 saturated carbocycles. The molecule has 0 spiro atoms. The molecule has 0 atom stereocenters. The van der Waals surface area contributed by atoms with Crippen molar-refractivity contribution in [2.24, 2.45) is 5.73 Å². The summed E-state index contributed by atoms with van der Waals surface area (Å²) in [6.45, 7) is -0.244. The highest BCUT2D eigenvalue weighted by Gasteiger charge is 2.16. The summed E-state index contributed by atoms with van der Waals surface area (Å²) < 4.78 is 5.58. The number of carbonyl (C=O) groups excluding carboxylic acids is 1. The smallest absolute Gasteiger partial charge is 0.292 e. The summed E-state index contributed by atoms with van der Waals surface area (Å²) in [7, 11) is 0. The fourth-order valence-corrected chi connectivity index (χ4v) is 2.19. The van der Waals surface area contributed by atoms with Gasteiger partial charge in [-0.3, -0.25) is 14.9 Å². The molecule has 0 heterocycles. The molecular weight excluding hydrogens is 345 g/mol. The number of anilines is 1. The topological polar surface area (TPSA) is 107 Å². The van der Waals surface area contributed by atoms with E-state index in [1.54, 1.807) is 12.1 Å². The summed E-state index contributed by atoms with van der Waals surface area (Å²) in [6.07, 6.45) is 0. The maximum atomic E-state index is 11.0. The van der Waals surface area contributed by atoms with Gasteiger partial charge in [0.2, 0.25) is 5.91 Å². The first-order valence-corrected chi connectivity index (χ1v) is 7.06. The quantitative estimate of drug-likeness (QED) is 0.607. The van der Waals surface area contributed by atoms with Crippen LogP contribution in [0, 0.1) is 10.1 Å². The Morgan fingerprint density at radius 1 is 1.26 bits per heavy atom. The van der Waals surface area contributed by atoms with Gasteiger partial charge in [0.25, 0.3) is 5.69 Å². The lowest BCUT2D eigenvalue weighted by atomic mass is 10.2. The van der Waals surface area contributed by atoms with Crippen molar-refractivity contribution in [3.8, 4) is 11.5 Å². The van der Waals surface area contributed by atoms with Crippen molar-refractivity contribution in [2.45, 2.75) is 0 Å². The van der Waals surface area contributed by atoms with E-state index in [0.717, 1.165) is 0 Å². The normalized spacial score (nSPS) is 10.2. The van der Waals surface area contributed by atoms with E-state index in [1.807, 2.05) is 0 Å². The zero-order valence-corrected chi connectivity index (χ0v) is 13.1. The van der Waals surface area contributed by atoms with Crippen molar-refractivity contribution in [3.05, 3.63) is 56.6 Å². The minimum Gasteiger partial charge on any atom is -0.456 e. The first-order valence-electron chi connectivity index (χ1n) is 6.30. The number of hydrogen-bond acceptors (Lipinski definition) is 5. The molecule has 0 bridgehead atoms. The van der Waals surface area contributed by atoms with E-state index in [9.17, 15) is 14.9 Å². The number of ether oxygens (including phenoxy) is 1. The van der Waals surface area contributed by atoms with E-state index >= 15 is 0 Å². The minimum absolute atomic E-state index is 0.108. The van der Waals surface area contributed by atoms with Crippen molar-refractivity contribution in [2.75, 3.05) is 11.9 Å². The number of carbonyl (C=O) groups is 1. The monoisotopic (exact) mass is 355 g/mol. The van der Waals surface area contributed by atoms with Crippen LogP contribution in [-0.4, -0.2) is 17.4 Å². The number of nitro benzene ring substituents is 1. The fourth-order valence-electron chi connectivity index (χ4n) is 1.75. The Labute approximate surface area is 141 Å². The van der Waals surface area contributed by atoms with Gasteiger partial charge < -0.3 is 15.8 Å². The van der Waals surface area contributed by atoms with E-state index in [0.29, 0.717) is 21.5 Å². The first kappa shape index (κ1) is 16.9. The summed E-state index contributed by atoms with van der Waals surface area (Å²) in [5, 5.41) is 14.3. The van der Waals surface area contributed by atoms with Gasteiger partial charge in [-0.15, -0.1) is 0 Å². The van der Waals surface area contributed by atoms with E-state index < -0.39 is 10.8 Å². The van der Waals surface area contributed by atoms with Crippen LogP contribution in [-0.2, 0) is 4.79 Å². The Kier molecular flexibility index (Phi) is 5.25. The zero-order valence-electron chi connectivity index (χ0n) is 11.6. The van der Waals surface area contributed by atoms with Crippen LogP contribution in [0.5, 0.6) is 11.5 Å². The molecular formula is C14H11Cl2N3O4. The second-order valence-corrected chi connectivity index (χ2v) is 5.28. The van der Waals surface area contributed by atoms with Crippen LogP contribution < -0.4 is 15.8 Å². The molecule has 2 rings (SSSR count). The van der Waals surface area contributed by atoms with Gasteiger partial charge in [0.05, 0.1) is 16.5 Å². The van der Waals surface area contributed by atoms with Gasteiger partial charge in [-0.1, -0.05) is 23.2 Å². The minimum atomic E-state index is -0.647. The maximum Gasteiger partial charge on any atom is 0.292 e. The van der Waals surface area contributed by atoms with Gasteiger partial charge >= 0.3 is 0 Å². The number of nitrogens with one attached hydrogen (secondary N) is 1. The second kappa shape index (κ2) is 7.17. The molecule has 0 aromatic heterocycles. The number of primary amides is 1. The Morgan fingerprint density at radius 2 is 2.00 bits per heavy atom. The van der Waals surface area contributed by atoms with Gasteiger partial charge in [0.1, 0.15) is 17.2 Å². The van der Waals surface area contributed by atoms with Crippen molar-refractivity contribution in [1.29, 1.82) is 0 Å². The SMILES string of the molecule is NC(=O)CNc1cc(Oc2ccc(Cl)cc2Cl)ccc1[N+](=O)[O-]. The van der Waals surface area contributed by atoms with Crippen molar-refractivity contribution in [3.63, 3.8) is 0 Å². The molecule has 120 valence electrons. The first-order chi connectivity index (χ1) is 10.9. The predicted octanol–water partition coefficient (Wildman–Crippen LogP) is 3.59. The van der Waals surface area contributed by atoms with E-state index in [2.05, 4.69) is 5.32 Å². The van der Waals surface area contributed by atoms with E-state index in [1.165, 1.54) is 24.3 Å². The van der Waals surface area contributed by atoms with Crippen LogP contribution >= 0.6 is 23.2 Å². The Hall–Kier alpha value is -2.51. The third-order valence-electron chi connectivity index (χ3n) is 2.74. The molecule has 2 aromatic carbocycles. The largest absolute Gasteiger partial charge is 0.456 e. The lowest BCUT2D eigenvalue weighted by Crippen LogP contribution is -2.22. The van der Waals surface area contributed by atoms with E-state index in [4.69, 9.17) is 33.7 Å². The molecule has 0 aliphatic carbocycles. The molecule has 9 heteroatoms. The molecule has 2 aromatic rings. The molecule has 3 N–H and O–H groups in total. The summed E-state index contributed by atoms with van der Waals surface area (Å²) in [6, 6.07) is 8.73. The summed E-state index contributed by atoms with van der Waals surface area (Å²) in [4.78, 5) is 21.3. The number of rotatable bonds is 6. The number of benzene rings is 2.